The van der Waals surface area contributed by atoms with Crippen LogP contribution in [0.3, 0.4) is 0 Å². The SMILES string of the molecule is CC(NC1CCCCc2ccccc21)c1cn[nH]c1. The highest BCUT2D eigenvalue weighted by Gasteiger charge is 2.20. The molecular formula is C16H21N3. The first kappa shape index (κ1) is 12.4. The molecule has 3 nitrogen and oxygen atoms in total. The molecule has 1 aliphatic carbocycles. The molecule has 3 rings (SSSR count). The molecule has 100 valence electrons. The van der Waals surface area contributed by atoms with E-state index in [1.165, 1.54) is 42.4 Å². The Bertz CT molecular complexity index is 519. The molecule has 1 heterocycles. The third-order valence-corrected chi connectivity index (χ3v) is 4.09. The van der Waals surface area contributed by atoms with Crippen molar-refractivity contribution >= 4 is 0 Å². The maximum absolute atomic E-state index is 4.03. The minimum absolute atomic E-state index is 0.329. The molecule has 3 heteroatoms. The predicted molar refractivity (Wildman–Crippen MR) is 76.9 cm³/mol. The summed E-state index contributed by atoms with van der Waals surface area (Å²) in [4.78, 5) is 0. The number of aromatic nitrogens is 2. The van der Waals surface area contributed by atoms with E-state index in [-0.39, 0.29) is 0 Å². The Morgan fingerprint density at radius 3 is 3.05 bits per heavy atom. The molecule has 0 saturated carbocycles. The summed E-state index contributed by atoms with van der Waals surface area (Å²) >= 11 is 0. The largest absolute Gasteiger partial charge is 0.303 e. The van der Waals surface area contributed by atoms with E-state index in [9.17, 15) is 0 Å². The summed E-state index contributed by atoms with van der Waals surface area (Å²) in [6.07, 6.45) is 8.91. The van der Waals surface area contributed by atoms with Gasteiger partial charge in [0.2, 0.25) is 0 Å². The zero-order valence-corrected chi connectivity index (χ0v) is 11.4. The van der Waals surface area contributed by atoms with Gasteiger partial charge in [0.05, 0.1) is 6.20 Å². The van der Waals surface area contributed by atoms with E-state index in [1.54, 1.807) is 0 Å². The first-order chi connectivity index (χ1) is 9.34. The molecule has 0 fully saturated rings. The molecule has 0 amide bonds. The molecule has 2 N–H and O–H groups in total. The summed E-state index contributed by atoms with van der Waals surface area (Å²) in [6.45, 7) is 2.21. The summed E-state index contributed by atoms with van der Waals surface area (Å²) < 4.78 is 0. The molecule has 0 bridgehead atoms. The number of aryl methyl sites for hydroxylation is 1. The Hall–Kier alpha value is -1.61. The van der Waals surface area contributed by atoms with Crippen molar-refractivity contribution in [3.05, 3.63) is 53.3 Å². The van der Waals surface area contributed by atoms with Gasteiger partial charge in [-0.2, -0.15) is 5.10 Å². The normalized spacial score (nSPS) is 20.6. The van der Waals surface area contributed by atoms with Crippen LogP contribution in [0, 0.1) is 0 Å². The van der Waals surface area contributed by atoms with E-state index in [2.05, 4.69) is 46.7 Å². The highest BCUT2D eigenvalue weighted by Crippen LogP contribution is 2.30. The quantitative estimate of drug-likeness (QED) is 0.824. The molecule has 2 atom stereocenters. The number of aromatic amines is 1. The van der Waals surface area contributed by atoms with E-state index in [4.69, 9.17) is 0 Å². The highest BCUT2D eigenvalue weighted by atomic mass is 15.1. The first-order valence-corrected chi connectivity index (χ1v) is 7.17. The number of hydrogen-bond donors (Lipinski definition) is 2. The number of nitrogens with one attached hydrogen (secondary N) is 2. The smallest absolute Gasteiger partial charge is 0.0534 e. The summed E-state index contributed by atoms with van der Waals surface area (Å²) in [6, 6.07) is 9.65. The summed E-state index contributed by atoms with van der Waals surface area (Å²) in [5, 5.41) is 10.7. The van der Waals surface area contributed by atoms with Crippen LogP contribution in [0.4, 0.5) is 0 Å². The van der Waals surface area contributed by atoms with Crippen molar-refractivity contribution in [3.8, 4) is 0 Å². The second kappa shape index (κ2) is 5.57. The van der Waals surface area contributed by atoms with Crippen molar-refractivity contribution in [1.82, 2.24) is 15.5 Å². The Labute approximate surface area is 114 Å². The van der Waals surface area contributed by atoms with Crippen molar-refractivity contribution < 1.29 is 0 Å². The van der Waals surface area contributed by atoms with Gasteiger partial charge in [0.25, 0.3) is 0 Å². The molecular weight excluding hydrogens is 234 g/mol. The Morgan fingerprint density at radius 1 is 1.32 bits per heavy atom. The van der Waals surface area contributed by atoms with E-state index in [0.29, 0.717) is 12.1 Å². The van der Waals surface area contributed by atoms with Gasteiger partial charge < -0.3 is 5.32 Å². The third-order valence-electron chi connectivity index (χ3n) is 4.09. The van der Waals surface area contributed by atoms with Crippen LogP contribution in [-0.4, -0.2) is 10.2 Å². The van der Waals surface area contributed by atoms with Crippen molar-refractivity contribution in [1.29, 1.82) is 0 Å². The van der Waals surface area contributed by atoms with Gasteiger partial charge in [0.1, 0.15) is 0 Å². The minimum atomic E-state index is 0.329. The molecule has 0 spiro atoms. The summed E-state index contributed by atoms with van der Waals surface area (Å²) in [7, 11) is 0. The molecule has 0 radical (unpaired) electrons. The van der Waals surface area contributed by atoms with Crippen molar-refractivity contribution in [3.63, 3.8) is 0 Å². The maximum atomic E-state index is 4.03. The van der Waals surface area contributed by atoms with E-state index >= 15 is 0 Å². The monoisotopic (exact) mass is 255 g/mol. The van der Waals surface area contributed by atoms with Gasteiger partial charge in [-0.05, 0) is 37.3 Å². The molecule has 2 unspecified atom stereocenters. The van der Waals surface area contributed by atoms with Gasteiger partial charge in [-0.25, -0.2) is 0 Å². The van der Waals surface area contributed by atoms with Crippen LogP contribution in [-0.2, 0) is 6.42 Å². The van der Waals surface area contributed by atoms with Gasteiger partial charge in [-0.3, -0.25) is 5.10 Å². The second-order valence-corrected chi connectivity index (χ2v) is 5.42. The van der Waals surface area contributed by atoms with Gasteiger partial charge in [-0.1, -0.05) is 30.7 Å². The lowest BCUT2D eigenvalue weighted by Gasteiger charge is -2.23. The number of hydrogen-bond acceptors (Lipinski definition) is 2. The molecule has 1 aliphatic rings. The zero-order chi connectivity index (χ0) is 13.1. The fourth-order valence-corrected chi connectivity index (χ4v) is 2.99. The lowest BCUT2D eigenvalue weighted by molar-refractivity contribution is 0.437. The molecule has 2 aromatic rings. The highest BCUT2D eigenvalue weighted by molar-refractivity contribution is 5.31. The molecule has 0 saturated heterocycles. The van der Waals surface area contributed by atoms with Gasteiger partial charge in [0, 0.05) is 23.8 Å². The fraction of sp³-hybridized carbons (Fsp3) is 0.438. The van der Waals surface area contributed by atoms with Crippen LogP contribution >= 0.6 is 0 Å². The number of rotatable bonds is 3. The Morgan fingerprint density at radius 2 is 2.21 bits per heavy atom. The van der Waals surface area contributed by atoms with Crippen molar-refractivity contribution in [2.45, 2.75) is 44.7 Å². The van der Waals surface area contributed by atoms with E-state index in [1.807, 2.05) is 12.4 Å². The second-order valence-electron chi connectivity index (χ2n) is 5.42. The van der Waals surface area contributed by atoms with Crippen molar-refractivity contribution in [2.24, 2.45) is 0 Å². The predicted octanol–water partition coefficient (Wildman–Crippen LogP) is 3.53. The van der Waals surface area contributed by atoms with E-state index in [0.717, 1.165) is 0 Å². The van der Waals surface area contributed by atoms with Crippen LogP contribution in [0.15, 0.2) is 36.7 Å². The van der Waals surface area contributed by atoms with Crippen LogP contribution in [0.1, 0.15) is 55.0 Å². The Kier molecular flexibility index (Phi) is 3.65. The number of nitrogens with zero attached hydrogens (tertiary/aromatic N) is 1. The first-order valence-electron chi connectivity index (χ1n) is 7.17. The third kappa shape index (κ3) is 2.71. The zero-order valence-electron chi connectivity index (χ0n) is 11.4. The summed E-state index contributed by atoms with van der Waals surface area (Å²) in [5.41, 5.74) is 4.22. The fourth-order valence-electron chi connectivity index (χ4n) is 2.99. The van der Waals surface area contributed by atoms with Crippen LogP contribution in [0.2, 0.25) is 0 Å². The van der Waals surface area contributed by atoms with E-state index < -0.39 is 0 Å². The molecule has 1 aromatic carbocycles. The lowest BCUT2D eigenvalue weighted by Crippen LogP contribution is -2.24. The number of fused-ring (bicyclic) bond motifs is 1. The topological polar surface area (TPSA) is 40.7 Å². The molecule has 19 heavy (non-hydrogen) atoms. The Balaban J connectivity index is 1.80. The average Bonchev–Trinajstić information content (AvgIpc) is 2.90. The molecule has 0 aliphatic heterocycles. The lowest BCUT2D eigenvalue weighted by atomic mass is 9.98. The van der Waals surface area contributed by atoms with Gasteiger partial charge in [0.15, 0.2) is 0 Å². The van der Waals surface area contributed by atoms with Crippen molar-refractivity contribution in [2.75, 3.05) is 0 Å². The van der Waals surface area contributed by atoms with Gasteiger partial charge >= 0.3 is 0 Å². The standard InChI is InChI=1S/C16H21N3/c1-12(14-10-17-18-11-14)19-16-9-5-3-7-13-6-2-4-8-15(13)16/h2,4,6,8,10-12,16,19H,3,5,7,9H2,1H3,(H,17,18). The maximum Gasteiger partial charge on any atom is 0.0534 e. The number of H-pyrrole nitrogens is 1. The molecule has 1 aromatic heterocycles. The summed E-state index contributed by atoms with van der Waals surface area (Å²) in [5.74, 6) is 0. The van der Waals surface area contributed by atoms with Crippen LogP contribution in [0.25, 0.3) is 0 Å². The average molecular weight is 255 g/mol. The van der Waals surface area contributed by atoms with Crippen LogP contribution in [0.5, 0.6) is 0 Å². The van der Waals surface area contributed by atoms with Crippen LogP contribution < -0.4 is 5.32 Å². The number of benzene rings is 1. The van der Waals surface area contributed by atoms with Gasteiger partial charge in [-0.15, -0.1) is 0 Å². The minimum Gasteiger partial charge on any atom is -0.303 e.